The molecule has 9 nitrogen and oxygen atoms in total. The highest BCUT2D eigenvalue weighted by atomic mass is 16.6. The number of benzene rings is 1. The van der Waals surface area contributed by atoms with Gasteiger partial charge in [0.15, 0.2) is 5.76 Å². The van der Waals surface area contributed by atoms with Gasteiger partial charge in [-0.3, -0.25) is 0 Å². The molecule has 0 N–H and O–H groups in total. The van der Waals surface area contributed by atoms with Crippen LogP contribution in [0, 0.1) is 0 Å². The largest absolute Gasteiger partial charge is 0.473 e. The van der Waals surface area contributed by atoms with E-state index in [2.05, 4.69) is 15.4 Å². The molecule has 1 fully saturated rings. The number of hydrogen-bond donors (Lipinski definition) is 0. The van der Waals surface area contributed by atoms with E-state index in [-0.39, 0.29) is 18.1 Å². The third kappa shape index (κ3) is 6.00. The first-order valence-electron chi connectivity index (χ1n) is 11.0. The Morgan fingerprint density at radius 1 is 1.09 bits per heavy atom. The number of nitrogens with zero attached hydrogens (tertiary/aromatic N) is 4. The topological polar surface area (TPSA) is 99.3 Å². The van der Waals surface area contributed by atoms with E-state index in [0.717, 1.165) is 11.0 Å². The summed E-state index contributed by atoms with van der Waals surface area (Å²) in [6, 6.07) is 13.0. The Bertz CT molecular complexity index is 1090. The summed E-state index contributed by atoms with van der Waals surface area (Å²) >= 11 is 0. The molecule has 3 aromatic rings. The van der Waals surface area contributed by atoms with Gasteiger partial charge in [0.05, 0.1) is 0 Å². The number of para-hydroxylation sites is 1. The first-order valence-corrected chi connectivity index (χ1v) is 11.0. The van der Waals surface area contributed by atoms with Crippen molar-refractivity contribution in [3.05, 3.63) is 48.2 Å². The molecule has 3 heterocycles. The van der Waals surface area contributed by atoms with Crippen LogP contribution in [0.1, 0.15) is 46.3 Å². The van der Waals surface area contributed by atoms with Crippen molar-refractivity contribution in [3.8, 4) is 11.8 Å². The highest BCUT2D eigenvalue weighted by Crippen LogP contribution is 2.21. The monoisotopic (exact) mass is 452 g/mol. The molecule has 1 saturated heterocycles. The molecule has 0 radical (unpaired) electrons. The van der Waals surface area contributed by atoms with Crippen LogP contribution >= 0.6 is 0 Å². The van der Waals surface area contributed by atoms with Gasteiger partial charge in [-0.1, -0.05) is 23.4 Å². The zero-order valence-electron chi connectivity index (χ0n) is 19.3. The van der Waals surface area contributed by atoms with Crippen LogP contribution in [0.5, 0.6) is 11.8 Å². The highest BCUT2D eigenvalue weighted by Gasteiger charge is 2.27. The van der Waals surface area contributed by atoms with E-state index < -0.39 is 5.60 Å². The number of carbonyl (C=O) groups excluding carboxylic acids is 1. The molecule has 1 aliphatic rings. The Hall–Kier alpha value is -3.62. The van der Waals surface area contributed by atoms with Gasteiger partial charge >= 0.3 is 6.09 Å². The molecule has 0 atom stereocenters. The number of likely N-dealkylation sites (tertiary alicyclic amines) is 1. The van der Waals surface area contributed by atoms with Gasteiger partial charge in [-0.2, -0.15) is 0 Å². The quantitative estimate of drug-likeness (QED) is 0.405. The van der Waals surface area contributed by atoms with Crippen LogP contribution in [-0.2, 0) is 4.74 Å². The number of piperidine rings is 1. The summed E-state index contributed by atoms with van der Waals surface area (Å²) in [7, 11) is 0. The van der Waals surface area contributed by atoms with Crippen LogP contribution in [0.2, 0.25) is 0 Å². The molecular weight excluding hydrogens is 424 g/mol. The van der Waals surface area contributed by atoms with Gasteiger partial charge in [0, 0.05) is 43.5 Å². The minimum atomic E-state index is -0.501. The minimum Gasteiger partial charge on any atom is -0.473 e. The molecule has 0 aliphatic carbocycles. The fourth-order valence-corrected chi connectivity index (χ4v) is 3.39. The van der Waals surface area contributed by atoms with E-state index in [1.807, 2.05) is 51.1 Å². The fraction of sp³-hybridized carbons (Fsp3) is 0.417. The summed E-state index contributed by atoms with van der Waals surface area (Å²) < 4.78 is 17.1. The number of furan rings is 1. The van der Waals surface area contributed by atoms with Gasteiger partial charge in [0.2, 0.25) is 5.88 Å². The van der Waals surface area contributed by atoms with Crippen molar-refractivity contribution in [2.45, 2.75) is 52.2 Å². The van der Waals surface area contributed by atoms with Crippen molar-refractivity contribution >= 4 is 22.8 Å². The lowest BCUT2D eigenvalue weighted by Gasteiger charge is -2.33. The van der Waals surface area contributed by atoms with Crippen molar-refractivity contribution in [1.29, 1.82) is 0 Å². The molecule has 9 heteroatoms. The Kier molecular flexibility index (Phi) is 6.48. The van der Waals surface area contributed by atoms with Gasteiger partial charge in [0.25, 0.3) is 5.88 Å². The lowest BCUT2D eigenvalue weighted by atomic mass is 10.1. The number of fused-ring (bicyclic) bond motifs is 1. The van der Waals surface area contributed by atoms with Crippen molar-refractivity contribution < 1.29 is 23.5 Å². The van der Waals surface area contributed by atoms with E-state index in [1.165, 1.54) is 0 Å². The van der Waals surface area contributed by atoms with Crippen LogP contribution in [0.3, 0.4) is 0 Å². The molecule has 174 valence electrons. The molecule has 2 aromatic heterocycles. The van der Waals surface area contributed by atoms with E-state index >= 15 is 0 Å². The normalized spacial score (nSPS) is 15.5. The molecule has 33 heavy (non-hydrogen) atoms. The van der Waals surface area contributed by atoms with Crippen molar-refractivity contribution in [3.63, 3.8) is 0 Å². The molecule has 1 aliphatic heterocycles. The Morgan fingerprint density at radius 2 is 1.79 bits per heavy atom. The number of rotatable bonds is 5. The number of amides is 1. The van der Waals surface area contributed by atoms with Crippen LogP contribution in [0.25, 0.3) is 11.0 Å². The standard InChI is InChI=1S/C24H28N4O5/c1-16(20-15-17-7-5-6-8-19(17)31-20)27-33-22-10-9-21(25-26-22)30-18-11-13-28(14-12-18)23(29)32-24(2,3)4/h5-10,15,18H,11-14H2,1-4H3. The number of ether oxygens (including phenoxy) is 2. The molecule has 0 bridgehead atoms. The molecule has 0 unspecified atom stereocenters. The van der Waals surface area contributed by atoms with Crippen molar-refractivity contribution in [2.75, 3.05) is 13.1 Å². The summed E-state index contributed by atoms with van der Waals surface area (Å²) in [6.45, 7) is 8.52. The van der Waals surface area contributed by atoms with Crippen molar-refractivity contribution in [1.82, 2.24) is 15.1 Å². The van der Waals surface area contributed by atoms with Gasteiger partial charge in [0.1, 0.15) is 23.0 Å². The zero-order valence-corrected chi connectivity index (χ0v) is 19.3. The third-order valence-corrected chi connectivity index (χ3v) is 5.05. The maximum atomic E-state index is 12.2. The Morgan fingerprint density at radius 3 is 2.45 bits per heavy atom. The van der Waals surface area contributed by atoms with E-state index in [9.17, 15) is 4.79 Å². The Balaban J connectivity index is 1.27. The summed E-state index contributed by atoms with van der Waals surface area (Å²) in [5.74, 6) is 1.27. The first kappa shape index (κ1) is 22.6. The summed E-state index contributed by atoms with van der Waals surface area (Å²) in [5.41, 5.74) is 0.878. The molecular formula is C24H28N4O5. The third-order valence-electron chi connectivity index (χ3n) is 5.05. The summed E-state index contributed by atoms with van der Waals surface area (Å²) in [5, 5.41) is 13.2. The SMILES string of the molecule is CC(=NOc1ccc(OC2CCN(C(=O)OC(C)(C)C)CC2)nn1)c1cc2ccccc2o1. The predicted octanol–water partition coefficient (Wildman–Crippen LogP) is 4.80. The van der Waals surface area contributed by atoms with Crippen LogP contribution in [-0.4, -0.2) is 51.7 Å². The second-order valence-corrected chi connectivity index (χ2v) is 8.91. The van der Waals surface area contributed by atoms with Crippen LogP contribution in [0.15, 0.2) is 52.0 Å². The fourth-order valence-electron chi connectivity index (χ4n) is 3.39. The molecule has 1 amide bonds. The summed E-state index contributed by atoms with van der Waals surface area (Å²) in [6.07, 6.45) is 1.05. The number of aromatic nitrogens is 2. The second-order valence-electron chi connectivity index (χ2n) is 8.91. The Labute approximate surface area is 192 Å². The molecule has 1 aromatic carbocycles. The lowest BCUT2D eigenvalue weighted by molar-refractivity contribution is 0.0122. The molecule has 4 rings (SSSR count). The number of hydrogen-bond acceptors (Lipinski definition) is 8. The minimum absolute atomic E-state index is 0.0434. The van der Waals surface area contributed by atoms with Gasteiger partial charge < -0.3 is 23.6 Å². The van der Waals surface area contributed by atoms with Gasteiger partial charge in [-0.25, -0.2) is 4.79 Å². The number of oxime groups is 1. The zero-order chi connectivity index (χ0) is 23.4. The highest BCUT2D eigenvalue weighted by molar-refractivity contribution is 5.99. The number of carbonyl (C=O) groups is 1. The maximum absolute atomic E-state index is 12.2. The van der Waals surface area contributed by atoms with Gasteiger partial charge in [-0.15, -0.1) is 10.2 Å². The van der Waals surface area contributed by atoms with Crippen molar-refractivity contribution in [2.24, 2.45) is 5.16 Å². The van der Waals surface area contributed by atoms with Crippen LogP contribution < -0.4 is 9.57 Å². The van der Waals surface area contributed by atoms with E-state index in [4.69, 9.17) is 18.7 Å². The lowest BCUT2D eigenvalue weighted by Crippen LogP contribution is -2.44. The average Bonchev–Trinajstić information content (AvgIpc) is 3.22. The van der Waals surface area contributed by atoms with E-state index in [1.54, 1.807) is 24.0 Å². The molecule has 0 saturated carbocycles. The summed E-state index contributed by atoms with van der Waals surface area (Å²) in [4.78, 5) is 19.3. The first-order chi connectivity index (χ1) is 15.8. The smallest absolute Gasteiger partial charge is 0.410 e. The molecule has 0 spiro atoms. The average molecular weight is 453 g/mol. The second kappa shape index (κ2) is 9.48. The van der Waals surface area contributed by atoms with Gasteiger partial charge in [-0.05, 0) is 39.8 Å². The van der Waals surface area contributed by atoms with E-state index in [0.29, 0.717) is 43.3 Å². The predicted molar refractivity (Wildman–Crippen MR) is 123 cm³/mol. The maximum Gasteiger partial charge on any atom is 0.410 e. The van der Waals surface area contributed by atoms with Crippen LogP contribution in [0.4, 0.5) is 4.79 Å².